The van der Waals surface area contributed by atoms with Gasteiger partial charge in [-0.2, -0.15) is 0 Å². The van der Waals surface area contributed by atoms with Gasteiger partial charge in [0, 0.05) is 34.6 Å². The number of aliphatic hydroxyl groups excluding tert-OH is 2. The molecule has 0 saturated heterocycles. The van der Waals surface area contributed by atoms with E-state index in [2.05, 4.69) is 19.9 Å². The van der Waals surface area contributed by atoms with Crippen LogP contribution in [0.3, 0.4) is 0 Å². The third-order valence-electron chi connectivity index (χ3n) is 9.55. The van der Waals surface area contributed by atoms with Crippen molar-refractivity contribution in [3.8, 4) is 45.0 Å². The highest BCUT2D eigenvalue weighted by molar-refractivity contribution is 5.93. The highest BCUT2D eigenvalue weighted by Crippen LogP contribution is 2.35. The Morgan fingerprint density at radius 1 is 0.684 bits per heavy atom. The molecule has 0 radical (unpaired) electrons. The van der Waals surface area contributed by atoms with E-state index in [1.54, 1.807) is 70.2 Å². The molecule has 6 aromatic heterocycles. The predicted octanol–water partition coefficient (Wildman–Crippen LogP) is 5.53. The highest BCUT2D eigenvalue weighted by Gasteiger charge is 2.21. The fraction of sp³-hybridized carbons (Fsp3) is 0.171. The Labute approximate surface area is 324 Å². The van der Waals surface area contributed by atoms with E-state index >= 15 is 0 Å². The molecule has 0 aliphatic rings. The molecule has 2 amide bonds. The van der Waals surface area contributed by atoms with Crippen LogP contribution in [0.15, 0.2) is 110 Å². The quantitative estimate of drug-likeness (QED) is 0.132. The van der Waals surface area contributed by atoms with Crippen molar-refractivity contribution in [2.75, 3.05) is 6.61 Å². The smallest absolute Gasteiger partial charge is 0.267 e. The molecule has 8 rings (SSSR count). The number of carbonyl (C=O) groups is 2. The van der Waals surface area contributed by atoms with Crippen molar-refractivity contribution in [1.29, 1.82) is 0 Å². The van der Waals surface area contributed by atoms with Gasteiger partial charge in [0.1, 0.15) is 34.3 Å². The van der Waals surface area contributed by atoms with Crippen molar-refractivity contribution in [3.05, 3.63) is 133 Å². The number of fused-ring (bicyclic) bond motifs is 2. The maximum absolute atomic E-state index is 13.4. The van der Waals surface area contributed by atoms with Gasteiger partial charge in [0.15, 0.2) is 0 Å². The van der Waals surface area contributed by atoms with Gasteiger partial charge in [0.2, 0.25) is 0 Å². The lowest BCUT2D eigenvalue weighted by Gasteiger charge is -2.16. The summed E-state index contributed by atoms with van der Waals surface area (Å²) in [6, 6.07) is 19.2. The first-order chi connectivity index (χ1) is 27.5. The summed E-state index contributed by atoms with van der Waals surface area (Å²) in [5.41, 5.74) is 18.4. The first kappa shape index (κ1) is 38.2. The number of nitrogens with two attached hydrogens (primary N) is 2. The zero-order valence-electron chi connectivity index (χ0n) is 30.9. The second kappa shape index (κ2) is 16.0. The van der Waals surface area contributed by atoms with Crippen LogP contribution in [0.5, 0.6) is 0 Å². The van der Waals surface area contributed by atoms with Gasteiger partial charge in [-0.25, -0.2) is 28.7 Å². The Kier molecular flexibility index (Phi) is 10.7. The van der Waals surface area contributed by atoms with Crippen LogP contribution in [0.25, 0.3) is 56.3 Å². The van der Waals surface area contributed by atoms with Crippen LogP contribution >= 0.6 is 0 Å². The van der Waals surface area contributed by atoms with Crippen LogP contribution < -0.4 is 11.5 Å². The minimum absolute atomic E-state index is 0.0773. The monoisotopic (exact) mass is 772 g/mol. The number of hydrogen-bond donors (Lipinski definition) is 4. The average Bonchev–Trinajstić information content (AvgIpc) is 4.02. The highest BCUT2D eigenvalue weighted by atomic mass is 19.1. The van der Waals surface area contributed by atoms with Crippen LogP contribution in [0, 0.1) is 11.6 Å². The molecule has 16 heteroatoms. The van der Waals surface area contributed by atoms with Gasteiger partial charge in [0.25, 0.3) is 11.8 Å². The first-order valence-electron chi connectivity index (χ1n) is 17.9. The summed E-state index contributed by atoms with van der Waals surface area (Å²) in [6.45, 7) is 4.04. The van der Waals surface area contributed by atoms with Crippen LogP contribution in [-0.2, 0) is 6.54 Å². The Hall–Kier alpha value is -7.04. The molecular formula is C41H38F2N10O4. The molecule has 0 spiro atoms. The maximum Gasteiger partial charge on any atom is 0.267 e. The molecule has 0 fully saturated rings. The maximum atomic E-state index is 13.4. The van der Waals surface area contributed by atoms with Gasteiger partial charge in [0.05, 0.1) is 73.1 Å². The number of nitrogens with zero attached hydrogens (tertiary/aromatic N) is 8. The molecule has 6 N–H and O–H groups in total. The molecule has 2 atom stereocenters. The standard InChI is InChI=1S/C21H20FN5O2.C20H18FN5O2/c1-2-16(28)11-26-12-25-19(13-3-6-15(22)7-4-13)20(26)14-5-8-18-24-9-17(21(23)29)27(18)10-14;1-12(10-27)26-11-24-18(13-2-5-15(21)6-3-13)19(26)14-4-7-17-23-8-16(20(22)28)25(17)9-14/h3-10,12,16,28H,2,11H2,1H3,(H2,23,29);2-9,11-12,27H,10H2,1H3,(H2,22,28). The van der Waals surface area contributed by atoms with Gasteiger partial charge in [-0.1, -0.05) is 6.92 Å². The Morgan fingerprint density at radius 2 is 1.14 bits per heavy atom. The number of hydrogen-bond acceptors (Lipinski definition) is 8. The first-order valence-corrected chi connectivity index (χ1v) is 17.9. The zero-order valence-corrected chi connectivity index (χ0v) is 30.9. The lowest BCUT2D eigenvalue weighted by Crippen LogP contribution is -2.15. The molecule has 0 bridgehead atoms. The van der Waals surface area contributed by atoms with Crippen molar-refractivity contribution >= 4 is 23.1 Å². The number of primary amides is 2. The summed E-state index contributed by atoms with van der Waals surface area (Å²) in [4.78, 5) is 40.8. The molecule has 2 aromatic carbocycles. The number of carbonyl (C=O) groups excluding carboxylic acids is 2. The lowest BCUT2D eigenvalue weighted by atomic mass is 10.1. The van der Waals surface area contributed by atoms with E-state index in [0.29, 0.717) is 35.6 Å². The van der Waals surface area contributed by atoms with Crippen molar-refractivity contribution in [2.45, 2.75) is 39.0 Å². The van der Waals surface area contributed by atoms with E-state index in [0.717, 1.165) is 33.6 Å². The second-order valence-corrected chi connectivity index (χ2v) is 13.4. The molecule has 0 aliphatic carbocycles. The van der Waals surface area contributed by atoms with E-state index in [4.69, 9.17) is 11.5 Å². The number of benzene rings is 2. The zero-order chi connectivity index (χ0) is 40.4. The van der Waals surface area contributed by atoms with Crippen molar-refractivity contribution in [3.63, 3.8) is 0 Å². The fourth-order valence-corrected chi connectivity index (χ4v) is 6.49. The molecule has 8 aromatic rings. The number of aliphatic hydroxyl groups is 2. The summed E-state index contributed by atoms with van der Waals surface area (Å²) in [5, 5.41) is 19.8. The minimum atomic E-state index is -0.583. The van der Waals surface area contributed by atoms with E-state index < -0.39 is 17.9 Å². The van der Waals surface area contributed by atoms with Gasteiger partial charge in [-0.05, 0) is 86.1 Å². The van der Waals surface area contributed by atoms with Gasteiger partial charge >= 0.3 is 0 Å². The summed E-state index contributed by atoms with van der Waals surface area (Å²) in [6.07, 6.45) is 9.73. The number of imidazole rings is 4. The predicted molar refractivity (Wildman–Crippen MR) is 209 cm³/mol. The number of rotatable bonds is 11. The average molecular weight is 773 g/mol. The molecule has 290 valence electrons. The van der Waals surface area contributed by atoms with Gasteiger partial charge in [-0.15, -0.1) is 0 Å². The molecule has 0 aliphatic heterocycles. The normalized spacial score (nSPS) is 12.4. The minimum Gasteiger partial charge on any atom is -0.394 e. The Balaban J connectivity index is 0.000000174. The van der Waals surface area contributed by atoms with E-state index in [1.165, 1.54) is 36.7 Å². The summed E-state index contributed by atoms with van der Waals surface area (Å²) in [5.74, 6) is -1.83. The molecule has 6 heterocycles. The topological polar surface area (TPSA) is 197 Å². The van der Waals surface area contributed by atoms with Crippen molar-refractivity contribution < 1.29 is 28.6 Å². The van der Waals surface area contributed by atoms with Crippen LogP contribution in [0.1, 0.15) is 47.3 Å². The Morgan fingerprint density at radius 3 is 1.61 bits per heavy atom. The largest absolute Gasteiger partial charge is 0.394 e. The third kappa shape index (κ3) is 7.63. The van der Waals surface area contributed by atoms with E-state index in [1.807, 2.05) is 35.1 Å². The molecule has 2 unspecified atom stereocenters. The number of amides is 2. The lowest BCUT2D eigenvalue weighted by molar-refractivity contribution is 0.0986. The van der Waals surface area contributed by atoms with Gasteiger partial charge < -0.3 is 30.8 Å². The van der Waals surface area contributed by atoms with Crippen LogP contribution in [-0.4, -0.2) is 72.6 Å². The third-order valence-corrected chi connectivity index (χ3v) is 9.55. The van der Waals surface area contributed by atoms with Gasteiger partial charge in [-0.3, -0.25) is 18.4 Å². The summed E-state index contributed by atoms with van der Waals surface area (Å²) >= 11 is 0. The van der Waals surface area contributed by atoms with E-state index in [-0.39, 0.29) is 35.7 Å². The SMILES string of the molecule is CC(CO)n1cnc(-c2ccc(F)cc2)c1-c1ccc2ncc(C(N)=O)n2c1.CCC(O)Cn1cnc(-c2ccc(F)cc2)c1-c1ccc2ncc(C(N)=O)n2c1. The molecule has 14 nitrogen and oxygen atoms in total. The van der Waals surface area contributed by atoms with Crippen LogP contribution in [0.4, 0.5) is 8.78 Å². The second-order valence-electron chi connectivity index (χ2n) is 13.4. The number of pyridine rings is 2. The number of aromatic nitrogens is 8. The van der Waals surface area contributed by atoms with E-state index in [9.17, 15) is 28.6 Å². The van der Waals surface area contributed by atoms with Crippen molar-refractivity contribution in [2.24, 2.45) is 11.5 Å². The number of halogens is 2. The van der Waals surface area contributed by atoms with Crippen molar-refractivity contribution in [1.82, 2.24) is 37.9 Å². The van der Waals surface area contributed by atoms with Crippen LogP contribution in [0.2, 0.25) is 0 Å². The molecule has 57 heavy (non-hydrogen) atoms. The Bertz CT molecular complexity index is 2720. The molecular weight excluding hydrogens is 735 g/mol. The fourth-order valence-electron chi connectivity index (χ4n) is 6.49. The summed E-state index contributed by atoms with van der Waals surface area (Å²) in [7, 11) is 0. The molecule has 0 saturated carbocycles. The summed E-state index contributed by atoms with van der Waals surface area (Å²) < 4.78 is 33.7.